The molecule has 3 rings (SSSR count). The average molecular weight is 368 g/mol. The molecule has 136 valence electrons. The molecule has 0 radical (unpaired) electrons. The van der Waals surface area contributed by atoms with E-state index in [4.69, 9.17) is 11.6 Å². The number of carbonyl (C=O) groups is 2. The normalized spacial score (nSPS) is 19.7. The minimum atomic E-state index is -0.510. The number of hydrogen-bond donors (Lipinski definition) is 2. The van der Waals surface area contributed by atoms with Crippen molar-refractivity contribution in [2.45, 2.75) is 25.7 Å². The first-order valence-corrected chi connectivity index (χ1v) is 9.18. The summed E-state index contributed by atoms with van der Waals surface area (Å²) in [6.07, 6.45) is 3.09. The lowest BCUT2D eigenvalue weighted by Crippen LogP contribution is -2.46. The number of piperidine rings is 2. The van der Waals surface area contributed by atoms with Gasteiger partial charge in [-0.25, -0.2) is 4.39 Å². The minimum absolute atomic E-state index is 0.0137. The topological polar surface area (TPSA) is 61.4 Å². The molecule has 0 unspecified atom stereocenters. The summed E-state index contributed by atoms with van der Waals surface area (Å²) in [5.74, 6) is -0.402. The summed E-state index contributed by atoms with van der Waals surface area (Å²) in [6, 6.07) is 4.14. The number of halogens is 2. The molecule has 5 nitrogen and oxygen atoms in total. The molecule has 0 saturated carbocycles. The van der Waals surface area contributed by atoms with Gasteiger partial charge in [0, 0.05) is 30.6 Å². The predicted molar refractivity (Wildman–Crippen MR) is 94.9 cm³/mol. The van der Waals surface area contributed by atoms with Crippen LogP contribution in [0.15, 0.2) is 18.2 Å². The molecule has 2 aliphatic rings. The third kappa shape index (κ3) is 4.50. The number of nitrogens with one attached hydrogen (secondary N) is 2. The van der Waals surface area contributed by atoms with Gasteiger partial charge in [0.1, 0.15) is 5.82 Å². The Morgan fingerprint density at radius 1 is 1.12 bits per heavy atom. The van der Waals surface area contributed by atoms with Crippen LogP contribution in [-0.4, -0.2) is 42.9 Å². The van der Waals surface area contributed by atoms with Crippen molar-refractivity contribution in [3.8, 4) is 0 Å². The Morgan fingerprint density at radius 2 is 1.80 bits per heavy atom. The smallest absolute Gasteiger partial charge is 0.227 e. The van der Waals surface area contributed by atoms with Gasteiger partial charge >= 0.3 is 0 Å². The molecular formula is C18H23ClFN3O2. The van der Waals surface area contributed by atoms with Gasteiger partial charge in [-0.2, -0.15) is 0 Å². The van der Waals surface area contributed by atoms with Crippen LogP contribution in [0, 0.1) is 17.7 Å². The van der Waals surface area contributed by atoms with Crippen LogP contribution in [0.4, 0.5) is 10.1 Å². The molecule has 1 aromatic rings. The lowest BCUT2D eigenvalue weighted by molar-refractivity contribution is -0.139. The zero-order chi connectivity index (χ0) is 17.8. The lowest BCUT2D eigenvalue weighted by atomic mass is 9.92. The standard InChI is InChI=1S/C18H23ClFN3O2/c19-15-11-14(1-2-16(15)20)22-17(24)12-5-9-23(10-6-12)18(25)13-3-7-21-8-4-13/h1-2,11-13,21H,3-10H2,(H,22,24). The Hall–Kier alpha value is -1.66. The molecule has 2 N–H and O–H groups in total. The first-order valence-electron chi connectivity index (χ1n) is 8.80. The molecule has 0 aromatic heterocycles. The van der Waals surface area contributed by atoms with Crippen LogP contribution < -0.4 is 10.6 Å². The van der Waals surface area contributed by atoms with Crippen LogP contribution in [0.1, 0.15) is 25.7 Å². The summed E-state index contributed by atoms with van der Waals surface area (Å²) < 4.78 is 13.2. The fraction of sp³-hybridized carbons (Fsp3) is 0.556. The molecule has 0 spiro atoms. The second-order valence-electron chi connectivity index (χ2n) is 6.74. The number of rotatable bonds is 3. The molecule has 2 fully saturated rings. The van der Waals surface area contributed by atoms with Crippen molar-refractivity contribution in [1.29, 1.82) is 0 Å². The zero-order valence-electron chi connectivity index (χ0n) is 14.1. The summed E-state index contributed by atoms with van der Waals surface area (Å²) in [4.78, 5) is 26.8. The molecule has 7 heteroatoms. The van der Waals surface area contributed by atoms with E-state index >= 15 is 0 Å². The maximum absolute atomic E-state index is 13.2. The molecule has 2 aliphatic heterocycles. The Labute approximate surface area is 151 Å². The van der Waals surface area contributed by atoms with Gasteiger partial charge in [-0.1, -0.05) is 11.6 Å². The minimum Gasteiger partial charge on any atom is -0.342 e. The van der Waals surface area contributed by atoms with E-state index in [1.165, 1.54) is 18.2 Å². The number of hydrogen-bond acceptors (Lipinski definition) is 3. The number of likely N-dealkylation sites (tertiary alicyclic amines) is 1. The van der Waals surface area contributed by atoms with Crippen LogP contribution in [0.5, 0.6) is 0 Å². The van der Waals surface area contributed by atoms with E-state index in [0.29, 0.717) is 31.6 Å². The van der Waals surface area contributed by atoms with E-state index in [0.717, 1.165) is 25.9 Å². The SMILES string of the molecule is O=C(Nc1ccc(F)c(Cl)c1)C1CCN(C(=O)C2CCNCC2)CC1. The van der Waals surface area contributed by atoms with Crippen LogP contribution in [0.25, 0.3) is 0 Å². The predicted octanol–water partition coefficient (Wildman–Crippen LogP) is 2.66. The van der Waals surface area contributed by atoms with E-state index in [1.54, 1.807) is 0 Å². The molecular weight excluding hydrogens is 345 g/mol. The van der Waals surface area contributed by atoms with Gasteiger partial charge in [0.2, 0.25) is 11.8 Å². The second kappa shape index (κ2) is 8.15. The highest BCUT2D eigenvalue weighted by Crippen LogP contribution is 2.24. The quantitative estimate of drug-likeness (QED) is 0.863. The van der Waals surface area contributed by atoms with Crippen molar-refractivity contribution in [2.75, 3.05) is 31.5 Å². The summed E-state index contributed by atoms with van der Waals surface area (Å²) >= 11 is 5.74. The molecule has 1 aromatic carbocycles. The molecule has 0 atom stereocenters. The number of benzene rings is 1. The highest BCUT2D eigenvalue weighted by Gasteiger charge is 2.31. The fourth-order valence-corrected chi connectivity index (χ4v) is 3.69. The van der Waals surface area contributed by atoms with Crippen molar-refractivity contribution >= 4 is 29.1 Å². The van der Waals surface area contributed by atoms with Gasteiger partial charge < -0.3 is 15.5 Å². The number of anilines is 1. The Balaban J connectivity index is 1.50. The zero-order valence-corrected chi connectivity index (χ0v) is 14.8. The van der Waals surface area contributed by atoms with Crippen LogP contribution in [0.2, 0.25) is 5.02 Å². The van der Waals surface area contributed by atoms with Crippen molar-refractivity contribution in [3.63, 3.8) is 0 Å². The highest BCUT2D eigenvalue weighted by atomic mass is 35.5. The number of carbonyl (C=O) groups excluding carboxylic acids is 2. The summed E-state index contributed by atoms with van der Waals surface area (Å²) in [5, 5.41) is 6.04. The Kier molecular flexibility index (Phi) is 5.91. The van der Waals surface area contributed by atoms with E-state index in [9.17, 15) is 14.0 Å². The van der Waals surface area contributed by atoms with Crippen molar-refractivity contribution < 1.29 is 14.0 Å². The van der Waals surface area contributed by atoms with Gasteiger partial charge in [0.15, 0.2) is 0 Å². The molecule has 2 heterocycles. The van der Waals surface area contributed by atoms with E-state index in [1.807, 2.05) is 4.90 Å². The number of amides is 2. The monoisotopic (exact) mass is 367 g/mol. The summed E-state index contributed by atoms with van der Waals surface area (Å²) in [5.41, 5.74) is 0.490. The Bertz CT molecular complexity index is 641. The first-order chi connectivity index (χ1) is 12.0. The highest BCUT2D eigenvalue weighted by molar-refractivity contribution is 6.31. The molecule has 0 aliphatic carbocycles. The average Bonchev–Trinajstić information content (AvgIpc) is 2.65. The van der Waals surface area contributed by atoms with E-state index in [-0.39, 0.29) is 28.7 Å². The number of nitrogens with zero attached hydrogens (tertiary/aromatic N) is 1. The van der Waals surface area contributed by atoms with E-state index < -0.39 is 5.82 Å². The molecule has 25 heavy (non-hydrogen) atoms. The molecule has 2 amide bonds. The Morgan fingerprint density at radius 3 is 2.44 bits per heavy atom. The maximum Gasteiger partial charge on any atom is 0.227 e. The van der Waals surface area contributed by atoms with E-state index in [2.05, 4.69) is 10.6 Å². The third-order valence-corrected chi connectivity index (χ3v) is 5.34. The fourth-order valence-electron chi connectivity index (χ4n) is 3.51. The van der Waals surface area contributed by atoms with Crippen LogP contribution >= 0.6 is 11.6 Å². The van der Waals surface area contributed by atoms with Gasteiger partial charge in [-0.3, -0.25) is 9.59 Å². The summed E-state index contributed by atoms with van der Waals surface area (Å²) in [6.45, 7) is 3.03. The van der Waals surface area contributed by atoms with Gasteiger partial charge in [0.05, 0.1) is 5.02 Å². The maximum atomic E-state index is 13.2. The molecule has 0 bridgehead atoms. The lowest BCUT2D eigenvalue weighted by Gasteiger charge is -2.34. The van der Waals surface area contributed by atoms with Gasteiger partial charge in [-0.15, -0.1) is 0 Å². The van der Waals surface area contributed by atoms with Crippen LogP contribution in [0.3, 0.4) is 0 Å². The summed E-state index contributed by atoms with van der Waals surface area (Å²) in [7, 11) is 0. The van der Waals surface area contributed by atoms with Crippen molar-refractivity contribution in [3.05, 3.63) is 29.0 Å². The van der Waals surface area contributed by atoms with Crippen molar-refractivity contribution in [1.82, 2.24) is 10.2 Å². The van der Waals surface area contributed by atoms with Gasteiger partial charge in [0.25, 0.3) is 0 Å². The molecule has 2 saturated heterocycles. The van der Waals surface area contributed by atoms with Gasteiger partial charge in [-0.05, 0) is 57.0 Å². The van der Waals surface area contributed by atoms with Crippen molar-refractivity contribution in [2.24, 2.45) is 11.8 Å². The largest absolute Gasteiger partial charge is 0.342 e. The third-order valence-electron chi connectivity index (χ3n) is 5.05. The van der Waals surface area contributed by atoms with Crippen LogP contribution in [-0.2, 0) is 9.59 Å². The first kappa shape index (κ1) is 18.1. The second-order valence-corrected chi connectivity index (χ2v) is 7.15.